The predicted octanol–water partition coefficient (Wildman–Crippen LogP) is 0.0685. The summed E-state index contributed by atoms with van der Waals surface area (Å²) in [4.78, 5) is 8.06. The first-order valence-electron chi connectivity index (χ1n) is 7.48. The van der Waals surface area contributed by atoms with Crippen LogP contribution < -0.4 is 10.5 Å². The molecule has 9 nitrogen and oxygen atoms in total. The molecule has 134 valence electrons. The van der Waals surface area contributed by atoms with Crippen LogP contribution >= 0.6 is 0 Å². The van der Waals surface area contributed by atoms with E-state index >= 15 is 0 Å². The highest BCUT2D eigenvalue weighted by Crippen LogP contribution is 2.21. The van der Waals surface area contributed by atoms with Gasteiger partial charge in [-0.25, -0.2) is 27.5 Å². The molecule has 0 unspecified atom stereocenters. The van der Waals surface area contributed by atoms with E-state index < -0.39 is 10.0 Å². The van der Waals surface area contributed by atoms with Gasteiger partial charge in [0.15, 0.2) is 0 Å². The molecule has 11 heteroatoms. The lowest BCUT2D eigenvalue weighted by Crippen LogP contribution is -2.38. The van der Waals surface area contributed by atoms with Crippen LogP contribution in [0.2, 0.25) is 0 Å². The largest absolute Gasteiger partial charge is 0.473 e. The van der Waals surface area contributed by atoms with Gasteiger partial charge < -0.3 is 10.5 Å². The van der Waals surface area contributed by atoms with E-state index in [1.165, 1.54) is 29.0 Å². The number of nitrogens with two attached hydrogens (primary N) is 1. The van der Waals surface area contributed by atoms with Crippen LogP contribution in [0.5, 0.6) is 5.88 Å². The first-order valence-corrected chi connectivity index (χ1v) is 8.92. The maximum Gasteiger partial charge on any atom is 0.245 e. The first kappa shape index (κ1) is 17.5. The molecule has 25 heavy (non-hydrogen) atoms. The highest BCUT2D eigenvalue weighted by molar-refractivity contribution is 7.89. The summed E-state index contributed by atoms with van der Waals surface area (Å²) in [5.41, 5.74) is 5.61. The van der Waals surface area contributed by atoms with Crippen LogP contribution in [0, 0.1) is 0 Å². The Morgan fingerprint density at radius 3 is 2.88 bits per heavy atom. The number of pyridine rings is 1. The molecule has 3 heterocycles. The van der Waals surface area contributed by atoms with E-state index in [0.717, 1.165) is 0 Å². The molecule has 0 saturated carbocycles. The molecule has 0 spiro atoms. The van der Waals surface area contributed by atoms with Crippen molar-refractivity contribution in [2.75, 3.05) is 19.7 Å². The second-order valence-corrected chi connectivity index (χ2v) is 7.27. The van der Waals surface area contributed by atoms with Gasteiger partial charge in [0.05, 0.1) is 25.6 Å². The maximum absolute atomic E-state index is 12.7. The van der Waals surface area contributed by atoms with Gasteiger partial charge in [0.1, 0.15) is 23.7 Å². The fourth-order valence-corrected chi connectivity index (χ4v) is 3.63. The number of fused-ring (bicyclic) bond motifs is 1. The Bertz CT molecular complexity index is 865. The number of ether oxygens (including phenoxy) is 1. The summed E-state index contributed by atoms with van der Waals surface area (Å²) in [6.45, 7) is 0.886. The van der Waals surface area contributed by atoms with E-state index in [2.05, 4.69) is 15.1 Å². The Labute approximate surface area is 144 Å². The summed E-state index contributed by atoms with van der Waals surface area (Å²) in [7, 11) is -3.70. The van der Waals surface area contributed by atoms with Gasteiger partial charge in [-0.3, -0.25) is 0 Å². The van der Waals surface area contributed by atoms with Crippen molar-refractivity contribution in [1.82, 2.24) is 24.1 Å². The van der Waals surface area contributed by atoms with Crippen LogP contribution in [0.4, 0.5) is 4.39 Å². The van der Waals surface area contributed by atoms with E-state index in [9.17, 15) is 12.8 Å². The van der Waals surface area contributed by atoms with Gasteiger partial charge in [0.25, 0.3) is 0 Å². The second-order valence-electron chi connectivity index (χ2n) is 5.33. The van der Waals surface area contributed by atoms with Crippen LogP contribution in [-0.2, 0) is 23.1 Å². The summed E-state index contributed by atoms with van der Waals surface area (Å²) >= 11 is 0. The first-order chi connectivity index (χ1) is 12.0. The number of hydrogen-bond donors (Lipinski definition) is 1. The molecular weight excluding hydrogens is 351 g/mol. The zero-order valence-electron chi connectivity index (χ0n) is 13.2. The molecule has 2 aromatic rings. The molecule has 1 aliphatic heterocycles. The third kappa shape index (κ3) is 3.67. The SMILES string of the molecule is NC/C(=C\F)COc1ccc(S(=O)(=O)N2CCn3ncnc3C2)cn1. The number of hydrogen-bond acceptors (Lipinski definition) is 7. The van der Waals surface area contributed by atoms with Crippen molar-refractivity contribution in [3.63, 3.8) is 0 Å². The predicted molar refractivity (Wildman–Crippen MR) is 85.6 cm³/mol. The Hall–Kier alpha value is -2.37. The molecule has 0 bridgehead atoms. The summed E-state index contributed by atoms with van der Waals surface area (Å²) in [6.07, 6.45) is 3.00. The molecule has 0 amide bonds. The van der Waals surface area contributed by atoms with Crippen LogP contribution in [-0.4, -0.2) is 52.2 Å². The van der Waals surface area contributed by atoms with Crippen molar-refractivity contribution in [1.29, 1.82) is 0 Å². The second kappa shape index (κ2) is 7.25. The number of nitrogens with zero attached hydrogens (tertiary/aromatic N) is 5. The minimum absolute atomic E-state index is 0.0303. The van der Waals surface area contributed by atoms with Gasteiger partial charge in [0, 0.05) is 24.7 Å². The van der Waals surface area contributed by atoms with Crippen molar-refractivity contribution >= 4 is 10.0 Å². The Balaban J connectivity index is 1.71. The average Bonchev–Trinajstić information content (AvgIpc) is 3.10. The molecule has 2 N–H and O–H groups in total. The lowest BCUT2D eigenvalue weighted by molar-refractivity contribution is 0.320. The van der Waals surface area contributed by atoms with Gasteiger partial charge in [-0.2, -0.15) is 9.40 Å². The van der Waals surface area contributed by atoms with E-state index in [1.54, 1.807) is 4.68 Å². The molecule has 0 aromatic carbocycles. The van der Waals surface area contributed by atoms with E-state index in [-0.39, 0.29) is 36.0 Å². The molecule has 0 atom stereocenters. The Morgan fingerprint density at radius 2 is 2.20 bits per heavy atom. The van der Waals surface area contributed by atoms with E-state index in [0.29, 0.717) is 25.2 Å². The van der Waals surface area contributed by atoms with Crippen molar-refractivity contribution in [3.8, 4) is 5.88 Å². The standard InChI is InChI=1S/C14H17FN6O3S/c15-5-11(6-16)9-24-14-2-1-12(7-17-14)25(22,23)20-3-4-21-13(8-20)18-10-19-21/h1-2,5,7,10H,3-4,6,8-9,16H2/b11-5+. The number of sulfonamides is 1. The Morgan fingerprint density at radius 1 is 1.36 bits per heavy atom. The van der Waals surface area contributed by atoms with Crippen molar-refractivity contribution in [2.24, 2.45) is 5.73 Å². The number of aromatic nitrogens is 4. The molecule has 0 fully saturated rings. The monoisotopic (exact) mass is 368 g/mol. The van der Waals surface area contributed by atoms with Gasteiger partial charge in [-0.1, -0.05) is 0 Å². The van der Waals surface area contributed by atoms with Crippen molar-refractivity contribution < 1.29 is 17.5 Å². The quantitative estimate of drug-likeness (QED) is 0.767. The maximum atomic E-state index is 12.7. The lowest BCUT2D eigenvalue weighted by atomic mass is 10.3. The van der Waals surface area contributed by atoms with E-state index in [1.807, 2.05) is 0 Å². The minimum Gasteiger partial charge on any atom is -0.473 e. The topological polar surface area (TPSA) is 116 Å². The fourth-order valence-electron chi connectivity index (χ4n) is 2.30. The van der Waals surface area contributed by atoms with Crippen LogP contribution in [0.25, 0.3) is 0 Å². The normalized spacial score (nSPS) is 15.8. The van der Waals surface area contributed by atoms with Crippen molar-refractivity contribution in [3.05, 3.63) is 42.4 Å². The molecule has 0 aliphatic carbocycles. The molecule has 3 rings (SSSR count). The number of halogens is 1. The van der Waals surface area contributed by atoms with Crippen LogP contribution in [0.1, 0.15) is 5.82 Å². The van der Waals surface area contributed by atoms with Gasteiger partial charge in [-0.05, 0) is 6.07 Å². The van der Waals surface area contributed by atoms with Gasteiger partial charge in [-0.15, -0.1) is 0 Å². The summed E-state index contributed by atoms with van der Waals surface area (Å²) in [6, 6.07) is 2.82. The molecule has 0 radical (unpaired) electrons. The van der Waals surface area contributed by atoms with Gasteiger partial charge >= 0.3 is 0 Å². The molecule has 0 saturated heterocycles. The van der Waals surface area contributed by atoms with Crippen molar-refractivity contribution in [2.45, 2.75) is 18.0 Å². The highest BCUT2D eigenvalue weighted by Gasteiger charge is 2.29. The zero-order chi connectivity index (χ0) is 17.9. The third-order valence-electron chi connectivity index (χ3n) is 3.74. The molecule has 1 aliphatic rings. The smallest absolute Gasteiger partial charge is 0.245 e. The van der Waals surface area contributed by atoms with Crippen LogP contribution in [0.15, 0.2) is 41.5 Å². The molecule has 2 aromatic heterocycles. The zero-order valence-corrected chi connectivity index (χ0v) is 14.1. The summed E-state index contributed by atoms with van der Waals surface area (Å²) in [5.74, 6) is 0.778. The summed E-state index contributed by atoms with van der Waals surface area (Å²) in [5, 5.41) is 4.02. The third-order valence-corrected chi connectivity index (χ3v) is 5.57. The number of rotatable bonds is 6. The minimum atomic E-state index is -3.70. The Kier molecular flexibility index (Phi) is 5.06. The molecular formula is C14H17FN6O3S. The highest BCUT2D eigenvalue weighted by atomic mass is 32.2. The van der Waals surface area contributed by atoms with E-state index in [4.69, 9.17) is 10.5 Å². The van der Waals surface area contributed by atoms with Gasteiger partial charge in [0.2, 0.25) is 15.9 Å². The summed E-state index contributed by atoms with van der Waals surface area (Å²) < 4.78 is 46.1. The lowest BCUT2D eigenvalue weighted by Gasteiger charge is -2.25. The van der Waals surface area contributed by atoms with Crippen LogP contribution in [0.3, 0.4) is 0 Å². The average molecular weight is 368 g/mol. The fraction of sp³-hybridized carbons (Fsp3) is 0.357.